The molecule has 0 spiro atoms. The summed E-state index contributed by atoms with van der Waals surface area (Å²) in [6.45, 7) is 1.29. The maximum Gasteiger partial charge on any atom is 0.224 e. The fraction of sp³-hybridized carbons (Fsp3) is 0.385. The van der Waals surface area contributed by atoms with Gasteiger partial charge in [0.2, 0.25) is 5.91 Å². The van der Waals surface area contributed by atoms with Crippen molar-refractivity contribution in [3.63, 3.8) is 0 Å². The number of hydrogen-bond acceptors (Lipinski definition) is 3. The molecule has 0 fully saturated rings. The summed E-state index contributed by atoms with van der Waals surface area (Å²) in [5, 5.41) is 2.83. The molecule has 1 amide bonds. The van der Waals surface area contributed by atoms with Gasteiger partial charge in [0.15, 0.2) is 0 Å². The van der Waals surface area contributed by atoms with Crippen LogP contribution in [0.15, 0.2) is 24.3 Å². The summed E-state index contributed by atoms with van der Waals surface area (Å²) in [6, 6.07) is 7.39. The third-order valence-electron chi connectivity index (χ3n) is 2.45. The van der Waals surface area contributed by atoms with Crippen LogP contribution in [0.4, 0.5) is 0 Å². The van der Waals surface area contributed by atoms with Gasteiger partial charge in [-0.3, -0.25) is 4.79 Å². The molecule has 1 aromatic carbocycles. The van der Waals surface area contributed by atoms with Crippen LogP contribution < -0.4 is 11.1 Å². The Morgan fingerprint density at radius 2 is 2.06 bits per heavy atom. The lowest BCUT2D eigenvalue weighted by Gasteiger charge is -2.05. The Morgan fingerprint density at radius 1 is 1.39 bits per heavy atom. The van der Waals surface area contributed by atoms with Crippen LogP contribution in [0.25, 0.3) is 0 Å². The molecule has 0 aliphatic heterocycles. The first-order valence-corrected chi connectivity index (χ1v) is 6.18. The molecule has 3 N–H and O–H groups in total. The van der Waals surface area contributed by atoms with Crippen LogP contribution >= 0.6 is 12.2 Å². The monoisotopic (exact) mass is 266 g/mol. The maximum atomic E-state index is 11.6. The van der Waals surface area contributed by atoms with E-state index in [2.05, 4.69) is 5.32 Å². The number of amides is 1. The van der Waals surface area contributed by atoms with E-state index >= 15 is 0 Å². The Bertz CT molecular complexity index is 404. The number of nitrogens with two attached hydrogens (primary N) is 1. The van der Waals surface area contributed by atoms with Crippen molar-refractivity contribution in [2.45, 2.75) is 12.8 Å². The van der Waals surface area contributed by atoms with Gasteiger partial charge in [-0.1, -0.05) is 36.5 Å². The minimum atomic E-state index is 0.00850. The SMILES string of the molecule is COCCCNC(=O)Cc1ccc(C(N)=S)cc1. The fourth-order valence-corrected chi connectivity index (χ4v) is 1.62. The quantitative estimate of drug-likeness (QED) is 0.571. The molecule has 98 valence electrons. The van der Waals surface area contributed by atoms with Gasteiger partial charge < -0.3 is 15.8 Å². The highest BCUT2D eigenvalue weighted by Gasteiger charge is 2.03. The van der Waals surface area contributed by atoms with E-state index < -0.39 is 0 Å². The molecule has 1 aromatic rings. The predicted octanol–water partition coefficient (Wildman–Crippen LogP) is 1.02. The van der Waals surface area contributed by atoms with E-state index in [0.29, 0.717) is 24.6 Å². The zero-order valence-electron chi connectivity index (χ0n) is 10.4. The second-order valence-electron chi connectivity index (χ2n) is 3.93. The van der Waals surface area contributed by atoms with E-state index in [1.54, 1.807) is 7.11 Å². The minimum Gasteiger partial charge on any atom is -0.389 e. The summed E-state index contributed by atoms with van der Waals surface area (Å²) < 4.78 is 4.90. The number of carbonyl (C=O) groups is 1. The van der Waals surface area contributed by atoms with Gasteiger partial charge in [0.25, 0.3) is 0 Å². The van der Waals surface area contributed by atoms with Crippen LogP contribution in [-0.4, -0.2) is 31.2 Å². The van der Waals surface area contributed by atoms with Gasteiger partial charge in [0, 0.05) is 25.8 Å². The smallest absolute Gasteiger partial charge is 0.224 e. The zero-order chi connectivity index (χ0) is 13.4. The van der Waals surface area contributed by atoms with E-state index in [9.17, 15) is 4.79 Å². The standard InChI is InChI=1S/C13H18N2O2S/c1-17-8-2-7-15-12(16)9-10-3-5-11(6-4-10)13(14)18/h3-6H,2,7-9H2,1H3,(H2,14,18)(H,15,16). The molecule has 0 saturated heterocycles. The second-order valence-corrected chi connectivity index (χ2v) is 4.37. The second kappa shape index (κ2) is 7.79. The van der Waals surface area contributed by atoms with E-state index in [-0.39, 0.29) is 5.91 Å². The summed E-state index contributed by atoms with van der Waals surface area (Å²) in [4.78, 5) is 12.0. The molecule has 0 aliphatic carbocycles. The normalized spacial score (nSPS) is 10.1. The summed E-state index contributed by atoms with van der Waals surface area (Å²) in [5.41, 5.74) is 7.26. The molecule has 0 heterocycles. The van der Waals surface area contributed by atoms with Gasteiger partial charge in [-0.2, -0.15) is 0 Å². The van der Waals surface area contributed by atoms with Gasteiger partial charge in [-0.25, -0.2) is 0 Å². The Morgan fingerprint density at radius 3 is 2.61 bits per heavy atom. The average molecular weight is 266 g/mol. The van der Waals surface area contributed by atoms with Crippen LogP contribution in [0, 0.1) is 0 Å². The van der Waals surface area contributed by atoms with Crippen molar-refractivity contribution in [3.05, 3.63) is 35.4 Å². The number of rotatable bonds is 7. The predicted molar refractivity (Wildman–Crippen MR) is 75.5 cm³/mol. The van der Waals surface area contributed by atoms with Crippen LogP contribution in [0.2, 0.25) is 0 Å². The summed E-state index contributed by atoms with van der Waals surface area (Å²) >= 11 is 4.86. The van der Waals surface area contributed by atoms with E-state index in [4.69, 9.17) is 22.7 Å². The van der Waals surface area contributed by atoms with Crippen molar-refractivity contribution in [3.8, 4) is 0 Å². The van der Waals surface area contributed by atoms with Crippen molar-refractivity contribution < 1.29 is 9.53 Å². The number of ether oxygens (including phenoxy) is 1. The average Bonchev–Trinajstić information content (AvgIpc) is 2.35. The van der Waals surface area contributed by atoms with Gasteiger partial charge in [-0.05, 0) is 12.0 Å². The lowest BCUT2D eigenvalue weighted by molar-refractivity contribution is -0.120. The lowest BCUT2D eigenvalue weighted by Crippen LogP contribution is -2.26. The molecule has 0 saturated carbocycles. The third kappa shape index (κ3) is 5.25. The van der Waals surface area contributed by atoms with Crippen molar-refractivity contribution >= 4 is 23.1 Å². The van der Waals surface area contributed by atoms with Crippen molar-refractivity contribution in [2.75, 3.05) is 20.3 Å². The number of thiocarbonyl (C=S) groups is 1. The molecule has 0 bridgehead atoms. The third-order valence-corrected chi connectivity index (χ3v) is 2.69. The summed E-state index contributed by atoms with van der Waals surface area (Å²) in [6.07, 6.45) is 1.19. The van der Waals surface area contributed by atoms with Crippen molar-refractivity contribution in [1.82, 2.24) is 5.32 Å². The topological polar surface area (TPSA) is 64.3 Å². The van der Waals surface area contributed by atoms with Gasteiger partial charge in [0.05, 0.1) is 6.42 Å². The highest BCUT2D eigenvalue weighted by atomic mass is 32.1. The van der Waals surface area contributed by atoms with Crippen LogP contribution in [0.3, 0.4) is 0 Å². The van der Waals surface area contributed by atoms with Crippen LogP contribution in [0.5, 0.6) is 0 Å². The fourth-order valence-electron chi connectivity index (χ4n) is 1.48. The minimum absolute atomic E-state index is 0.00850. The first kappa shape index (κ1) is 14.6. The molecular formula is C13H18N2O2S. The molecule has 1 rings (SSSR count). The lowest BCUT2D eigenvalue weighted by atomic mass is 10.1. The van der Waals surface area contributed by atoms with Crippen molar-refractivity contribution in [2.24, 2.45) is 5.73 Å². The molecule has 0 atom stereocenters. The van der Waals surface area contributed by atoms with Crippen LogP contribution in [0.1, 0.15) is 17.5 Å². The number of carbonyl (C=O) groups excluding carboxylic acids is 1. The molecule has 0 aromatic heterocycles. The molecule has 4 nitrogen and oxygen atoms in total. The Kier molecular flexibility index (Phi) is 6.32. The van der Waals surface area contributed by atoms with Crippen molar-refractivity contribution in [1.29, 1.82) is 0 Å². The maximum absolute atomic E-state index is 11.6. The Balaban J connectivity index is 2.37. The highest BCUT2D eigenvalue weighted by molar-refractivity contribution is 7.80. The number of methoxy groups -OCH3 is 1. The van der Waals surface area contributed by atoms with Gasteiger partial charge in [-0.15, -0.1) is 0 Å². The van der Waals surface area contributed by atoms with Crippen LogP contribution in [-0.2, 0) is 16.0 Å². The largest absolute Gasteiger partial charge is 0.389 e. The zero-order valence-corrected chi connectivity index (χ0v) is 11.3. The van der Waals surface area contributed by atoms with Gasteiger partial charge >= 0.3 is 0 Å². The Hall–Kier alpha value is -1.46. The number of benzene rings is 1. The summed E-state index contributed by atoms with van der Waals surface area (Å²) in [5.74, 6) is 0.00850. The number of hydrogen-bond donors (Lipinski definition) is 2. The highest BCUT2D eigenvalue weighted by Crippen LogP contribution is 2.05. The first-order valence-electron chi connectivity index (χ1n) is 5.78. The number of nitrogens with one attached hydrogen (secondary N) is 1. The van der Waals surface area contributed by atoms with E-state index in [0.717, 1.165) is 17.5 Å². The van der Waals surface area contributed by atoms with E-state index in [1.807, 2.05) is 24.3 Å². The Labute approximate surface area is 113 Å². The molecule has 5 heteroatoms. The molecule has 18 heavy (non-hydrogen) atoms. The molecule has 0 aliphatic rings. The molecule has 0 radical (unpaired) electrons. The van der Waals surface area contributed by atoms with Gasteiger partial charge in [0.1, 0.15) is 4.99 Å². The summed E-state index contributed by atoms with van der Waals surface area (Å²) in [7, 11) is 1.64. The molecular weight excluding hydrogens is 248 g/mol. The molecule has 0 unspecified atom stereocenters. The van der Waals surface area contributed by atoms with E-state index in [1.165, 1.54) is 0 Å². The first-order chi connectivity index (χ1) is 8.63.